The van der Waals surface area contributed by atoms with Crippen molar-refractivity contribution in [2.45, 2.75) is 19.8 Å². The average molecular weight is 351 g/mol. The first-order valence-corrected chi connectivity index (χ1v) is 7.56. The number of aromatic nitrogens is 2. The van der Waals surface area contributed by atoms with Gasteiger partial charge in [0.25, 0.3) is 0 Å². The molecule has 1 fully saturated rings. The molecule has 0 saturated heterocycles. The second-order valence-corrected chi connectivity index (χ2v) is 6.20. The van der Waals surface area contributed by atoms with Gasteiger partial charge >= 0.3 is 5.97 Å². The second kappa shape index (κ2) is 5.52. The van der Waals surface area contributed by atoms with Crippen LogP contribution in [-0.4, -0.2) is 27.9 Å². The van der Waals surface area contributed by atoms with E-state index in [1.165, 1.54) is 18.9 Å². The summed E-state index contributed by atoms with van der Waals surface area (Å²) in [6, 6.07) is 5.46. The largest absolute Gasteiger partial charge is 0.491 e. The van der Waals surface area contributed by atoms with E-state index in [1.54, 1.807) is 0 Å². The number of H-pyrrole nitrogens is 1. The van der Waals surface area contributed by atoms with Gasteiger partial charge in [0.2, 0.25) is 0 Å². The molecule has 1 aliphatic carbocycles. The summed E-state index contributed by atoms with van der Waals surface area (Å²) in [6.07, 6.45) is 2.43. The second-order valence-electron chi connectivity index (χ2n) is 5.35. The lowest BCUT2D eigenvalue weighted by Gasteiger charge is -2.13. The summed E-state index contributed by atoms with van der Waals surface area (Å²) in [6.45, 7) is 2.66. The Morgan fingerprint density at radius 1 is 1.48 bits per heavy atom. The minimum absolute atomic E-state index is 0.0655. The Hall–Kier alpha value is -1.82. The van der Waals surface area contributed by atoms with Crippen molar-refractivity contribution in [3.05, 3.63) is 33.9 Å². The maximum absolute atomic E-state index is 11.0. The molecule has 0 aliphatic heterocycles. The fraction of sp³-hybridized carbons (Fsp3) is 0.333. The molecule has 0 unspecified atom stereocenters. The van der Waals surface area contributed by atoms with E-state index >= 15 is 0 Å². The number of aromatic carboxylic acids is 1. The number of carboxylic acid groups (broad SMARTS) is 1. The molecule has 1 saturated carbocycles. The number of nitrogens with zero attached hydrogens (tertiary/aromatic N) is 1. The molecule has 2 N–H and O–H groups in total. The standard InChI is InChI=1S/C15H15BrN2O3/c1-8-4-10(12-6-13(15(19)20)18-17-12)14(11(16)5-8)21-7-9-2-3-9/h4-6,9H,2-3,7H2,1H3,(H,17,18)(H,19,20). The molecule has 5 nitrogen and oxygen atoms in total. The molecule has 0 radical (unpaired) electrons. The van der Waals surface area contributed by atoms with Gasteiger partial charge in [0, 0.05) is 5.56 Å². The number of hydrogen-bond donors (Lipinski definition) is 2. The molecule has 110 valence electrons. The fourth-order valence-electron chi connectivity index (χ4n) is 2.12. The van der Waals surface area contributed by atoms with E-state index in [2.05, 4.69) is 26.1 Å². The summed E-state index contributed by atoms with van der Waals surface area (Å²) >= 11 is 3.52. The van der Waals surface area contributed by atoms with Crippen LogP contribution in [0.4, 0.5) is 0 Å². The zero-order valence-electron chi connectivity index (χ0n) is 11.5. The zero-order valence-corrected chi connectivity index (χ0v) is 13.1. The number of rotatable bonds is 5. The van der Waals surface area contributed by atoms with Crippen LogP contribution in [0.15, 0.2) is 22.7 Å². The number of hydrogen-bond acceptors (Lipinski definition) is 3. The molecule has 0 spiro atoms. The Balaban J connectivity index is 1.99. The van der Waals surface area contributed by atoms with Crippen molar-refractivity contribution in [1.29, 1.82) is 0 Å². The summed E-state index contributed by atoms with van der Waals surface area (Å²) in [4.78, 5) is 11.0. The monoisotopic (exact) mass is 350 g/mol. The Morgan fingerprint density at radius 3 is 2.86 bits per heavy atom. The number of benzene rings is 1. The molecule has 1 aromatic carbocycles. The van der Waals surface area contributed by atoms with Gasteiger partial charge in [0.15, 0.2) is 0 Å². The summed E-state index contributed by atoms with van der Waals surface area (Å²) in [5.41, 5.74) is 2.49. The van der Waals surface area contributed by atoms with E-state index in [4.69, 9.17) is 9.84 Å². The van der Waals surface area contributed by atoms with Crippen LogP contribution in [0.5, 0.6) is 5.75 Å². The van der Waals surface area contributed by atoms with Gasteiger partial charge in [0.1, 0.15) is 11.4 Å². The first kappa shape index (κ1) is 14.1. The number of ether oxygens (including phenoxy) is 1. The van der Waals surface area contributed by atoms with Crippen LogP contribution < -0.4 is 4.74 Å². The summed E-state index contributed by atoms with van der Waals surface area (Å²) in [5.74, 6) is 0.330. The Morgan fingerprint density at radius 2 is 2.24 bits per heavy atom. The topological polar surface area (TPSA) is 75.2 Å². The van der Waals surface area contributed by atoms with Crippen molar-refractivity contribution in [3.8, 4) is 17.0 Å². The molecule has 2 aromatic rings. The van der Waals surface area contributed by atoms with E-state index in [9.17, 15) is 4.79 Å². The van der Waals surface area contributed by atoms with Crippen LogP contribution in [0.2, 0.25) is 0 Å². The van der Waals surface area contributed by atoms with Crippen molar-refractivity contribution in [2.75, 3.05) is 6.61 Å². The van der Waals surface area contributed by atoms with E-state index in [0.717, 1.165) is 21.3 Å². The van der Waals surface area contributed by atoms with Gasteiger partial charge in [-0.15, -0.1) is 0 Å². The highest BCUT2D eigenvalue weighted by molar-refractivity contribution is 9.10. The molecular formula is C15H15BrN2O3. The predicted octanol–water partition coefficient (Wildman–Crippen LogP) is 3.63. The minimum atomic E-state index is -1.03. The van der Waals surface area contributed by atoms with Gasteiger partial charge in [-0.1, -0.05) is 0 Å². The Kier molecular flexibility index (Phi) is 3.71. The molecule has 0 amide bonds. The van der Waals surface area contributed by atoms with E-state index in [-0.39, 0.29) is 5.69 Å². The van der Waals surface area contributed by atoms with Crippen molar-refractivity contribution < 1.29 is 14.6 Å². The molecular weight excluding hydrogens is 336 g/mol. The first-order chi connectivity index (χ1) is 10.0. The third-order valence-corrected chi connectivity index (χ3v) is 4.02. The fourth-order valence-corrected chi connectivity index (χ4v) is 2.81. The van der Waals surface area contributed by atoms with Crippen LogP contribution >= 0.6 is 15.9 Å². The van der Waals surface area contributed by atoms with Crippen LogP contribution in [0.3, 0.4) is 0 Å². The highest BCUT2D eigenvalue weighted by atomic mass is 79.9. The third-order valence-electron chi connectivity index (χ3n) is 3.43. The smallest absolute Gasteiger partial charge is 0.353 e. The number of aryl methyl sites for hydroxylation is 1. The quantitative estimate of drug-likeness (QED) is 0.863. The van der Waals surface area contributed by atoms with E-state index in [0.29, 0.717) is 18.2 Å². The maximum Gasteiger partial charge on any atom is 0.353 e. The first-order valence-electron chi connectivity index (χ1n) is 6.76. The summed E-state index contributed by atoms with van der Waals surface area (Å²) < 4.78 is 6.78. The Labute approximate surface area is 130 Å². The van der Waals surface area contributed by atoms with Crippen molar-refractivity contribution in [2.24, 2.45) is 5.92 Å². The minimum Gasteiger partial charge on any atom is -0.491 e. The number of carbonyl (C=O) groups is 1. The molecule has 0 atom stereocenters. The normalized spacial score (nSPS) is 14.2. The number of nitrogens with one attached hydrogen (secondary N) is 1. The van der Waals surface area contributed by atoms with Crippen molar-refractivity contribution in [3.63, 3.8) is 0 Å². The molecule has 1 aromatic heterocycles. The zero-order chi connectivity index (χ0) is 15.0. The lowest BCUT2D eigenvalue weighted by Crippen LogP contribution is -2.01. The summed E-state index contributed by atoms with van der Waals surface area (Å²) in [5, 5.41) is 15.6. The van der Waals surface area contributed by atoms with Gasteiger partial charge in [0.05, 0.1) is 16.8 Å². The number of aromatic amines is 1. The third kappa shape index (κ3) is 3.10. The molecule has 1 heterocycles. The molecule has 1 aliphatic rings. The van der Waals surface area contributed by atoms with Gasteiger partial charge in [-0.25, -0.2) is 4.79 Å². The average Bonchev–Trinajstić information content (AvgIpc) is 3.11. The van der Waals surface area contributed by atoms with Crippen LogP contribution in [0.1, 0.15) is 28.9 Å². The van der Waals surface area contributed by atoms with Crippen LogP contribution in [-0.2, 0) is 0 Å². The SMILES string of the molecule is Cc1cc(Br)c(OCC2CC2)c(-c2cc(C(=O)O)[nH]n2)c1. The number of carboxylic acids is 1. The molecule has 3 rings (SSSR count). The van der Waals surface area contributed by atoms with E-state index < -0.39 is 5.97 Å². The highest BCUT2D eigenvalue weighted by Gasteiger charge is 2.24. The van der Waals surface area contributed by atoms with Gasteiger partial charge in [-0.05, 0) is 65.4 Å². The highest BCUT2D eigenvalue weighted by Crippen LogP contribution is 2.39. The van der Waals surface area contributed by atoms with Gasteiger partial charge < -0.3 is 9.84 Å². The van der Waals surface area contributed by atoms with E-state index in [1.807, 2.05) is 19.1 Å². The maximum atomic E-state index is 11.0. The summed E-state index contributed by atoms with van der Waals surface area (Å²) in [7, 11) is 0. The predicted molar refractivity (Wildman–Crippen MR) is 81.6 cm³/mol. The van der Waals surface area contributed by atoms with Crippen molar-refractivity contribution in [1.82, 2.24) is 10.2 Å². The van der Waals surface area contributed by atoms with Gasteiger partial charge in [-0.2, -0.15) is 5.10 Å². The van der Waals surface area contributed by atoms with Gasteiger partial charge in [-0.3, -0.25) is 5.10 Å². The van der Waals surface area contributed by atoms with Crippen molar-refractivity contribution >= 4 is 21.9 Å². The molecule has 21 heavy (non-hydrogen) atoms. The van der Waals surface area contributed by atoms with Crippen LogP contribution in [0, 0.1) is 12.8 Å². The molecule has 6 heteroatoms. The Bertz CT molecular complexity index is 692. The van der Waals surface area contributed by atoms with Crippen LogP contribution in [0.25, 0.3) is 11.3 Å². The lowest BCUT2D eigenvalue weighted by molar-refractivity contribution is 0.0690. The lowest BCUT2D eigenvalue weighted by atomic mass is 10.1. The molecule has 0 bridgehead atoms. The number of halogens is 1.